The van der Waals surface area contributed by atoms with E-state index in [-0.39, 0.29) is 6.03 Å². The summed E-state index contributed by atoms with van der Waals surface area (Å²) < 4.78 is 0. The number of benzene rings is 1. The van der Waals surface area contributed by atoms with Gasteiger partial charge in [0.15, 0.2) is 0 Å². The zero-order chi connectivity index (χ0) is 15.1. The molecule has 1 aromatic carbocycles. The van der Waals surface area contributed by atoms with Gasteiger partial charge in [-0.15, -0.1) is 0 Å². The van der Waals surface area contributed by atoms with E-state index < -0.39 is 0 Å². The third-order valence-corrected chi connectivity index (χ3v) is 4.07. The summed E-state index contributed by atoms with van der Waals surface area (Å²) in [6.45, 7) is 0.730. The second kappa shape index (κ2) is 7.91. The largest absolute Gasteiger partial charge is 0.378 e. The van der Waals surface area contributed by atoms with E-state index in [9.17, 15) is 4.79 Å². The highest BCUT2D eigenvalue weighted by Gasteiger charge is 2.16. The summed E-state index contributed by atoms with van der Waals surface area (Å²) in [5, 5.41) is 5.99. The topological polar surface area (TPSA) is 44.4 Å². The van der Waals surface area contributed by atoms with Crippen molar-refractivity contribution in [2.24, 2.45) is 0 Å². The summed E-state index contributed by atoms with van der Waals surface area (Å²) in [6.07, 6.45) is 6.72. The smallest absolute Gasteiger partial charge is 0.315 e. The number of urea groups is 1. The quantitative estimate of drug-likeness (QED) is 0.791. The molecule has 0 bridgehead atoms. The van der Waals surface area contributed by atoms with Crippen molar-refractivity contribution in [3.8, 4) is 0 Å². The maximum absolute atomic E-state index is 11.7. The Morgan fingerprint density at radius 2 is 1.86 bits per heavy atom. The van der Waals surface area contributed by atoms with Crippen molar-refractivity contribution in [2.75, 3.05) is 25.5 Å². The maximum Gasteiger partial charge on any atom is 0.315 e. The van der Waals surface area contributed by atoms with Crippen molar-refractivity contribution in [2.45, 2.75) is 44.6 Å². The molecule has 1 fully saturated rings. The monoisotopic (exact) mass is 289 g/mol. The Balaban J connectivity index is 1.61. The third-order valence-electron chi connectivity index (χ3n) is 4.07. The van der Waals surface area contributed by atoms with E-state index in [1.165, 1.54) is 24.1 Å². The fourth-order valence-electron chi connectivity index (χ4n) is 2.76. The number of aryl methyl sites for hydroxylation is 1. The van der Waals surface area contributed by atoms with Crippen LogP contribution in [0.25, 0.3) is 0 Å². The van der Waals surface area contributed by atoms with Gasteiger partial charge in [0.1, 0.15) is 0 Å². The Kier molecular flexibility index (Phi) is 5.90. The van der Waals surface area contributed by atoms with Crippen LogP contribution in [0.1, 0.15) is 37.7 Å². The zero-order valence-corrected chi connectivity index (χ0v) is 13.2. The number of nitrogens with one attached hydrogen (secondary N) is 2. The number of rotatable bonds is 6. The Morgan fingerprint density at radius 1 is 1.19 bits per heavy atom. The first-order valence-corrected chi connectivity index (χ1v) is 7.96. The van der Waals surface area contributed by atoms with Gasteiger partial charge in [-0.2, -0.15) is 0 Å². The summed E-state index contributed by atoms with van der Waals surface area (Å²) in [5.74, 6) is 0. The molecule has 0 heterocycles. The number of hydrogen-bond acceptors (Lipinski definition) is 2. The lowest BCUT2D eigenvalue weighted by molar-refractivity contribution is 0.237. The first-order valence-electron chi connectivity index (χ1n) is 7.96. The molecule has 0 radical (unpaired) electrons. The zero-order valence-electron chi connectivity index (χ0n) is 13.2. The van der Waals surface area contributed by atoms with Crippen molar-refractivity contribution >= 4 is 11.7 Å². The van der Waals surface area contributed by atoms with Gasteiger partial charge in [0.25, 0.3) is 0 Å². The van der Waals surface area contributed by atoms with Crippen LogP contribution in [0.15, 0.2) is 24.3 Å². The lowest BCUT2D eigenvalue weighted by Crippen LogP contribution is -2.41. The molecule has 2 rings (SSSR count). The van der Waals surface area contributed by atoms with Crippen LogP contribution in [0.3, 0.4) is 0 Å². The van der Waals surface area contributed by atoms with Gasteiger partial charge in [-0.3, -0.25) is 0 Å². The first-order chi connectivity index (χ1) is 10.1. The Labute approximate surface area is 127 Å². The minimum absolute atomic E-state index is 0.00939. The molecule has 0 spiro atoms. The van der Waals surface area contributed by atoms with E-state index in [1.54, 1.807) is 0 Å². The SMILES string of the molecule is CN(C)c1ccc(CCCNC(=O)NC2CCCC2)cc1. The van der Waals surface area contributed by atoms with E-state index in [1.807, 2.05) is 14.1 Å². The Morgan fingerprint density at radius 3 is 2.48 bits per heavy atom. The molecule has 0 aromatic heterocycles. The van der Waals surface area contributed by atoms with Crippen molar-refractivity contribution in [3.05, 3.63) is 29.8 Å². The average Bonchev–Trinajstić information content (AvgIpc) is 2.97. The number of nitrogens with zero attached hydrogens (tertiary/aromatic N) is 1. The molecule has 1 saturated carbocycles. The van der Waals surface area contributed by atoms with E-state index >= 15 is 0 Å². The van der Waals surface area contributed by atoms with E-state index in [2.05, 4.69) is 39.8 Å². The van der Waals surface area contributed by atoms with Crippen LogP contribution in [0.2, 0.25) is 0 Å². The molecule has 0 atom stereocenters. The highest BCUT2D eigenvalue weighted by atomic mass is 16.2. The molecule has 21 heavy (non-hydrogen) atoms. The van der Waals surface area contributed by atoms with Crippen LogP contribution in [-0.2, 0) is 6.42 Å². The molecule has 1 aromatic rings. The molecule has 4 nitrogen and oxygen atoms in total. The summed E-state index contributed by atoms with van der Waals surface area (Å²) in [6, 6.07) is 8.97. The van der Waals surface area contributed by atoms with Crippen LogP contribution in [0.4, 0.5) is 10.5 Å². The van der Waals surface area contributed by atoms with Crippen LogP contribution in [0.5, 0.6) is 0 Å². The number of carbonyl (C=O) groups excluding carboxylic acids is 1. The molecule has 0 aliphatic heterocycles. The highest BCUT2D eigenvalue weighted by molar-refractivity contribution is 5.74. The average molecular weight is 289 g/mol. The van der Waals surface area contributed by atoms with Crippen molar-refractivity contribution < 1.29 is 4.79 Å². The van der Waals surface area contributed by atoms with E-state index in [0.717, 1.165) is 32.2 Å². The normalized spacial score (nSPS) is 15.0. The predicted molar refractivity (Wildman–Crippen MR) is 87.9 cm³/mol. The summed E-state index contributed by atoms with van der Waals surface area (Å²) in [7, 11) is 4.09. The van der Waals surface area contributed by atoms with Gasteiger partial charge in [-0.1, -0.05) is 25.0 Å². The minimum atomic E-state index is -0.00939. The van der Waals surface area contributed by atoms with Crippen molar-refractivity contribution in [3.63, 3.8) is 0 Å². The molecule has 2 N–H and O–H groups in total. The summed E-state index contributed by atoms with van der Waals surface area (Å²) >= 11 is 0. The number of anilines is 1. The van der Waals surface area contributed by atoms with Crippen molar-refractivity contribution in [1.29, 1.82) is 0 Å². The van der Waals surface area contributed by atoms with Gasteiger partial charge < -0.3 is 15.5 Å². The maximum atomic E-state index is 11.7. The molecule has 4 heteroatoms. The number of amides is 2. The molecular formula is C17H27N3O. The fraction of sp³-hybridized carbons (Fsp3) is 0.588. The second-order valence-corrected chi connectivity index (χ2v) is 6.05. The van der Waals surface area contributed by atoms with Gasteiger partial charge >= 0.3 is 6.03 Å². The Hall–Kier alpha value is -1.71. The molecule has 116 valence electrons. The van der Waals surface area contributed by atoms with Gasteiger partial charge in [-0.05, 0) is 43.4 Å². The molecule has 2 amide bonds. The summed E-state index contributed by atoms with van der Waals surface area (Å²) in [5.41, 5.74) is 2.53. The van der Waals surface area contributed by atoms with Crippen LogP contribution >= 0.6 is 0 Å². The minimum Gasteiger partial charge on any atom is -0.378 e. The first kappa shape index (κ1) is 15.7. The lowest BCUT2D eigenvalue weighted by atomic mass is 10.1. The molecule has 1 aliphatic carbocycles. The van der Waals surface area contributed by atoms with E-state index in [0.29, 0.717) is 6.04 Å². The highest BCUT2D eigenvalue weighted by Crippen LogP contribution is 2.17. The van der Waals surface area contributed by atoms with E-state index in [4.69, 9.17) is 0 Å². The van der Waals surface area contributed by atoms with Gasteiger partial charge in [0, 0.05) is 32.4 Å². The fourth-order valence-corrected chi connectivity index (χ4v) is 2.76. The number of hydrogen-bond donors (Lipinski definition) is 2. The van der Waals surface area contributed by atoms with Crippen molar-refractivity contribution in [1.82, 2.24) is 10.6 Å². The lowest BCUT2D eigenvalue weighted by Gasteiger charge is -2.13. The molecule has 0 saturated heterocycles. The third kappa shape index (κ3) is 5.29. The van der Waals surface area contributed by atoms with Gasteiger partial charge in [0.2, 0.25) is 0 Å². The standard InChI is InChI=1S/C17H27N3O/c1-20(2)16-11-9-14(10-12-16)6-5-13-18-17(21)19-15-7-3-4-8-15/h9-12,15H,3-8,13H2,1-2H3,(H2,18,19,21). The number of carbonyl (C=O) groups is 1. The van der Waals surface area contributed by atoms with Crippen LogP contribution in [0, 0.1) is 0 Å². The molecular weight excluding hydrogens is 262 g/mol. The van der Waals surface area contributed by atoms with Gasteiger partial charge in [-0.25, -0.2) is 4.79 Å². The van der Waals surface area contributed by atoms with Crippen LogP contribution in [-0.4, -0.2) is 32.7 Å². The summed E-state index contributed by atoms with van der Waals surface area (Å²) in [4.78, 5) is 13.8. The Bertz CT molecular complexity index is 436. The van der Waals surface area contributed by atoms with Gasteiger partial charge in [0.05, 0.1) is 0 Å². The predicted octanol–water partition coefficient (Wildman–Crippen LogP) is 2.93. The molecule has 0 unspecified atom stereocenters. The van der Waals surface area contributed by atoms with Crippen LogP contribution < -0.4 is 15.5 Å². The molecule has 1 aliphatic rings. The second-order valence-electron chi connectivity index (χ2n) is 6.05.